The topological polar surface area (TPSA) is 73.0 Å². The van der Waals surface area contributed by atoms with E-state index >= 15 is 0 Å². The van der Waals surface area contributed by atoms with Gasteiger partial charge in [0.25, 0.3) is 5.56 Å². The third-order valence-corrected chi connectivity index (χ3v) is 5.62. The van der Waals surface area contributed by atoms with E-state index in [0.29, 0.717) is 5.95 Å². The highest BCUT2D eigenvalue weighted by Crippen LogP contribution is 2.19. The maximum Gasteiger partial charge on any atom is 0.258 e. The van der Waals surface area contributed by atoms with E-state index in [1.165, 1.54) is 6.42 Å². The van der Waals surface area contributed by atoms with Gasteiger partial charge in [-0.15, -0.1) is 0 Å². The molecule has 0 N–H and O–H groups in total. The normalized spacial score (nSPS) is 17.0. The van der Waals surface area contributed by atoms with Crippen molar-refractivity contribution >= 4 is 5.91 Å². The van der Waals surface area contributed by atoms with E-state index in [9.17, 15) is 9.59 Å². The Kier molecular flexibility index (Phi) is 4.85. The molecule has 2 aliphatic rings. The quantitative estimate of drug-likeness (QED) is 0.829. The summed E-state index contributed by atoms with van der Waals surface area (Å²) < 4.78 is 3.25. The molecule has 1 amide bonds. The van der Waals surface area contributed by atoms with Gasteiger partial charge < -0.3 is 4.90 Å². The van der Waals surface area contributed by atoms with Gasteiger partial charge in [-0.05, 0) is 64.9 Å². The number of piperidine rings is 1. The van der Waals surface area contributed by atoms with Crippen LogP contribution in [0.2, 0.25) is 0 Å². The lowest BCUT2D eigenvalue weighted by molar-refractivity contribution is -0.132. The van der Waals surface area contributed by atoms with Gasteiger partial charge in [-0.25, -0.2) is 9.67 Å². The van der Waals surface area contributed by atoms with Gasteiger partial charge in [0.2, 0.25) is 11.9 Å². The zero-order valence-corrected chi connectivity index (χ0v) is 16.2. The first-order valence-electron chi connectivity index (χ1n) is 9.98. The van der Waals surface area contributed by atoms with Crippen molar-refractivity contribution in [2.75, 3.05) is 13.1 Å². The number of carbonyl (C=O) groups excluding carboxylic acids is 1. The standard InChI is InChI=1S/C20H27N5O2/c1-14-12-15(2)25(22-14)20-21-17-9-5-4-8-16(17)19(27)24(20)13-18(26)23-10-6-3-7-11-23/h12H,3-11,13H2,1-2H3. The summed E-state index contributed by atoms with van der Waals surface area (Å²) in [5.41, 5.74) is 3.35. The second-order valence-corrected chi connectivity index (χ2v) is 7.72. The van der Waals surface area contributed by atoms with Crippen LogP contribution >= 0.6 is 0 Å². The van der Waals surface area contributed by atoms with Gasteiger partial charge in [-0.1, -0.05) is 0 Å². The van der Waals surface area contributed by atoms with Crippen molar-refractivity contribution in [3.05, 3.63) is 39.1 Å². The number of hydrogen-bond acceptors (Lipinski definition) is 4. The molecule has 0 unspecified atom stereocenters. The second-order valence-electron chi connectivity index (χ2n) is 7.72. The van der Waals surface area contributed by atoms with Crippen LogP contribution in [-0.4, -0.2) is 43.2 Å². The monoisotopic (exact) mass is 369 g/mol. The van der Waals surface area contributed by atoms with Crippen molar-refractivity contribution < 1.29 is 4.79 Å². The van der Waals surface area contributed by atoms with Crippen LogP contribution in [-0.2, 0) is 24.2 Å². The third kappa shape index (κ3) is 3.42. The summed E-state index contributed by atoms with van der Waals surface area (Å²) in [6, 6.07) is 1.96. The Balaban J connectivity index is 1.79. The number of hydrogen-bond donors (Lipinski definition) is 0. The van der Waals surface area contributed by atoms with Crippen LogP contribution in [0.5, 0.6) is 0 Å². The number of aryl methyl sites for hydroxylation is 3. The molecule has 1 saturated heterocycles. The Morgan fingerprint density at radius 2 is 1.81 bits per heavy atom. The van der Waals surface area contributed by atoms with Gasteiger partial charge in [-0.2, -0.15) is 5.10 Å². The molecule has 7 nitrogen and oxygen atoms in total. The Bertz CT molecular complexity index is 921. The number of rotatable bonds is 3. The fourth-order valence-electron chi connectivity index (χ4n) is 4.19. The molecule has 0 bridgehead atoms. The number of likely N-dealkylation sites (tertiary alicyclic amines) is 1. The summed E-state index contributed by atoms with van der Waals surface area (Å²) in [7, 11) is 0. The molecule has 144 valence electrons. The maximum absolute atomic E-state index is 13.3. The molecular weight excluding hydrogens is 342 g/mol. The van der Waals surface area contributed by atoms with Crippen LogP contribution in [0.25, 0.3) is 5.95 Å². The Labute approximate surface area is 159 Å². The highest BCUT2D eigenvalue weighted by atomic mass is 16.2. The maximum atomic E-state index is 13.3. The van der Waals surface area contributed by atoms with Crippen molar-refractivity contribution in [1.82, 2.24) is 24.2 Å². The van der Waals surface area contributed by atoms with Crippen LogP contribution in [0.3, 0.4) is 0 Å². The van der Waals surface area contributed by atoms with Crippen LogP contribution in [0.15, 0.2) is 10.9 Å². The van der Waals surface area contributed by atoms with E-state index in [2.05, 4.69) is 5.10 Å². The molecule has 0 atom stereocenters. The summed E-state index contributed by atoms with van der Waals surface area (Å²) in [5.74, 6) is 0.466. The van der Waals surface area contributed by atoms with E-state index in [1.54, 1.807) is 9.25 Å². The molecule has 0 aromatic carbocycles. The van der Waals surface area contributed by atoms with Crippen molar-refractivity contribution in [2.45, 2.75) is 65.3 Å². The molecule has 2 aromatic rings. The molecule has 3 heterocycles. The zero-order valence-electron chi connectivity index (χ0n) is 16.2. The highest BCUT2D eigenvalue weighted by molar-refractivity contribution is 5.76. The molecule has 2 aromatic heterocycles. The van der Waals surface area contributed by atoms with E-state index in [0.717, 1.165) is 74.3 Å². The minimum Gasteiger partial charge on any atom is -0.341 e. The smallest absolute Gasteiger partial charge is 0.258 e. The molecule has 1 aliphatic heterocycles. The largest absolute Gasteiger partial charge is 0.341 e. The third-order valence-electron chi connectivity index (χ3n) is 5.62. The Morgan fingerprint density at radius 1 is 1.07 bits per heavy atom. The van der Waals surface area contributed by atoms with E-state index in [4.69, 9.17) is 4.98 Å². The molecule has 7 heteroatoms. The average molecular weight is 369 g/mol. The first-order chi connectivity index (χ1) is 13.0. The lowest BCUT2D eigenvalue weighted by Gasteiger charge is -2.27. The van der Waals surface area contributed by atoms with Gasteiger partial charge in [0.15, 0.2) is 0 Å². The van der Waals surface area contributed by atoms with E-state index in [-0.39, 0.29) is 18.0 Å². The highest BCUT2D eigenvalue weighted by Gasteiger charge is 2.24. The number of carbonyl (C=O) groups is 1. The molecule has 1 aliphatic carbocycles. The van der Waals surface area contributed by atoms with Crippen molar-refractivity contribution in [2.24, 2.45) is 0 Å². The number of nitrogens with zero attached hydrogens (tertiary/aromatic N) is 5. The summed E-state index contributed by atoms with van der Waals surface area (Å²) in [6.07, 6.45) is 6.85. The summed E-state index contributed by atoms with van der Waals surface area (Å²) >= 11 is 0. The van der Waals surface area contributed by atoms with Gasteiger partial charge in [0.1, 0.15) is 6.54 Å². The number of amides is 1. The first-order valence-corrected chi connectivity index (χ1v) is 9.98. The Morgan fingerprint density at radius 3 is 2.52 bits per heavy atom. The predicted molar refractivity (Wildman–Crippen MR) is 102 cm³/mol. The molecule has 1 fully saturated rings. The van der Waals surface area contributed by atoms with E-state index in [1.807, 2.05) is 24.8 Å². The average Bonchev–Trinajstić information content (AvgIpc) is 3.02. The van der Waals surface area contributed by atoms with Crippen LogP contribution in [0.4, 0.5) is 0 Å². The SMILES string of the molecule is Cc1cc(C)n(-c2nc3c(c(=O)n2CC(=O)N2CCCCC2)CCCC3)n1. The zero-order chi connectivity index (χ0) is 19.0. The predicted octanol–water partition coefficient (Wildman–Crippen LogP) is 1.94. The summed E-state index contributed by atoms with van der Waals surface area (Å²) in [6.45, 7) is 5.46. The molecule has 0 spiro atoms. The number of fused-ring (bicyclic) bond motifs is 1. The second kappa shape index (κ2) is 7.29. The number of aromatic nitrogens is 4. The van der Waals surface area contributed by atoms with Crippen molar-refractivity contribution in [1.29, 1.82) is 0 Å². The molecular formula is C20H27N5O2. The molecule has 0 radical (unpaired) electrons. The van der Waals surface area contributed by atoms with Crippen LogP contribution < -0.4 is 5.56 Å². The van der Waals surface area contributed by atoms with Crippen LogP contribution in [0, 0.1) is 13.8 Å². The first kappa shape index (κ1) is 17.9. The van der Waals surface area contributed by atoms with Gasteiger partial charge in [0, 0.05) is 24.3 Å². The van der Waals surface area contributed by atoms with Gasteiger partial charge >= 0.3 is 0 Å². The minimum atomic E-state index is -0.0763. The fraction of sp³-hybridized carbons (Fsp3) is 0.600. The lowest BCUT2D eigenvalue weighted by atomic mass is 9.97. The van der Waals surface area contributed by atoms with Crippen molar-refractivity contribution in [3.63, 3.8) is 0 Å². The Hall–Kier alpha value is -2.44. The van der Waals surface area contributed by atoms with Gasteiger partial charge in [0.05, 0.1) is 11.4 Å². The molecule has 0 saturated carbocycles. The van der Waals surface area contributed by atoms with E-state index < -0.39 is 0 Å². The summed E-state index contributed by atoms with van der Waals surface area (Å²) in [4.78, 5) is 32.8. The van der Waals surface area contributed by atoms with Crippen LogP contribution in [0.1, 0.15) is 54.7 Å². The fourth-order valence-corrected chi connectivity index (χ4v) is 4.19. The summed E-state index contributed by atoms with van der Waals surface area (Å²) in [5, 5.41) is 4.52. The molecule has 27 heavy (non-hydrogen) atoms. The van der Waals surface area contributed by atoms with Gasteiger partial charge in [-0.3, -0.25) is 14.2 Å². The van der Waals surface area contributed by atoms with Crippen molar-refractivity contribution in [3.8, 4) is 5.95 Å². The minimum absolute atomic E-state index is 0.00265. The molecule has 4 rings (SSSR count). The lowest BCUT2D eigenvalue weighted by Crippen LogP contribution is -2.41.